The van der Waals surface area contributed by atoms with Crippen molar-refractivity contribution in [2.75, 3.05) is 10.8 Å². The molecule has 7 nitrogen and oxygen atoms in total. The van der Waals surface area contributed by atoms with E-state index in [9.17, 15) is 13.2 Å². The predicted octanol–water partition coefficient (Wildman–Crippen LogP) is 5.40. The summed E-state index contributed by atoms with van der Waals surface area (Å²) in [6, 6.07) is 24.5. The van der Waals surface area contributed by atoms with Gasteiger partial charge in [0.1, 0.15) is 6.54 Å². The van der Waals surface area contributed by atoms with Crippen molar-refractivity contribution in [2.45, 2.75) is 25.7 Å². The van der Waals surface area contributed by atoms with E-state index in [1.54, 1.807) is 42.5 Å². The molecule has 4 rings (SSSR count). The lowest BCUT2D eigenvalue weighted by atomic mass is 10.2. The molecule has 0 bridgehead atoms. The second-order valence-corrected chi connectivity index (χ2v) is 10.8. The van der Waals surface area contributed by atoms with Gasteiger partial charge in [0.05, 0.1) is 27.5 Å². The van der Waals surface area contributed by atoms with Crippen LogP contribution in [-0.2, 0) is 14.8 Å². The number of hydrazone groups is 1. The van der Waals surface area contributed by atoms with E-state index in [0.29, 0.717) is 10.7 Å². The van der Waals surface area contributed by atoms with E-state index >= 15 is 0 Å². The average molecular weight is 535 g/mol. The van der Waals surface area contributed by atoms with Gasteiger partial charge < -0.3 is 4.57 Å². The summed E-state index contributed by atoms with van der Waals surface area (Å²) in [6.45, 7) is 5.37. The molecule has 0 saturated heterocycles. The van der Waals surface area contributed by atoms with Gasteiger partial charge in [-0.15, -0.1) is 0 Å². The van der Waals surface area contributed by atoms with Crippen LogP contribution in [-0.4, -0.2) is 31.7 Å². The second-order valence-electron chi connectivity index (χ2n) is 8.57. The van der Waals surface area contributed by atoms with Crippen LogP contribution in [0.15, 0.2) is 94.9 Å². The summed E-state index contributed by atoms with van der Waals surface area (Å²) in [7, 11) is -3.98. The molecule has 0 radical (unpaired) electrons. The van der Waals surface area contributed by atoms with Crippen molar-refractivity contribution in [3.63, 3.8) is 0 Å². The van der Waals surface area contributed by atoms with Gasteiger partial charge in [0, 0.05) is 17.0 Å². The smallest absolute Gasteiger partial charge is 0.264 e. The van der Waals surface area contributed by atoms with Gasteiger partial charge in [0.25, 0.3) is 15.9 Å². The molecule has 0 aliphatic carbocycles. The lowest BCUT2D eigenvalue weighted by molar-refractivity contribution is -0.119. The van der Waals surface area contributed by atoms with E-state index in [-0.39, 0.29) is 4.90 Å². The van der Waals surface area contributed by atoms with Crippen molar-refractivity contribution >= 4 is 39.4 Å². The highest BCUT2D eigenvalue weighted by atomic mass is 35.5. The van der Waals surface area contributed by atoms with Gasteiger partial charge in [-0.25, -0.2) is 13.8 Å². The Balaban J connectivity index is 1.55. The quantitative estimate of drug-likeness (QED) is 0.242. The Morgan fingerprint density at radius 1 is 0.973 bits per heavy atom. The fourth-order valence-electron chi connectivity index (χ4n) is 4.01. The van der Waals surface area contributed by atoms with Gasteiger partial charge in [-0.3, -0.25) is 9.10 Å². The molecule has 3 aromatic carbocycles. The van der Waals surface area contributed by atoms with Crippen molar-refractivity contribution in [3.05, 3.63) is 112 Å². The average Bonchev–Trinajstić information content (AvgIpc) is 3.16. The minimum Gasteiger partial charge on any atom is -0.316 e. The van der Waals surface area contributed by atoms with E-state index in [1.165, 1.54) is 18.3 Å². The molecule has 1 aromatic heterocycles. The van der Waals surface area contributed by atoms with Crippen LogP contribution in [0.25, 0.3) is 5.69 Å². The lowest BCUT2D eigenvalue weighted by Gasteiger charge is -2.23. The molecular weight excluding hydrogens is 508 g/mol. The predicted molar refractivity (Wildman–Crippen MR) is 148 cm³/mol. The molecule has 0 aliphatic heterocycles. The zero-order valence-electron chi connectivity index (χ0n) is 20.7. The highest BCUT2D eigenvalue weighted by Crippen LogP contribution is 2.26. The number of hydrogen-bond donors (Lipinski definition) is 1. The third-order valence-corrected chi connectivity index (χ3v) is 8.00. The van der Waals surface area contributed by atoms with Crippen LogP contribution in [0.2, 0.25) is 5.02 Å². The maximum atomic E-state index is 13.4. The van der Waals surface area contributed by atoms with Crippen LogP contribution in [0, 0.1) is 20.8 Å². The Labute approximate surface area is 222 Å². The Hall–Kier alpha value is -3.88. The Bertz CT molecular complexity index is 1550. The van der Waals surface area contributed by atoms with Crippen molar-refractivity contribution in [1.82, 2.24) is 9.99 Å². The largest absolute Gasteiger partial charge is 0.316 e. The normalized spacial score (nSPS) is 11.6. The first-order valence-corrected chi connectivity index (χ1v) is 13.4. The molecule has 4 aromatic rings. The van der Waals surface area contributed by atoms with Gasteiger partial charge in [0.2, 0.25) is 0 Å². The van der Waals surface area contributed by atoms with Crippen molar-refractivity contribution in [1.29, 1.82) is 0 Å². The zero-order valence-corrected chi connectivity index (χ0v) is 22.3. The topological polar surface area (TPSA) is 83.8 Å². The highest BCUT2D eigenvalue weighted by Gasteiger charge is 2.27. The molecular formula is C28H27ClN4O3S. The van der Waals surface area contributed by atoms with E-state index in [0.717, 1.165) is 32.5 Å². The molecule has 0 aliphatic rings. The summed E-state index contributed by atoms with van der Waals surface area (Å²) >= 11 is 6.38. The second kappa shape index (κ2) is 11.0. The van der Waals surface area contributed by atoms with E-state index in [2.05, 4.69) is 10.5 Å². The Kier molecular flexibility index (Phi) is 7.80. The van der Waals surface area contributed by atoms with Crippen molar-refractivity contribution < 1.29 is 13.2 Å². The van der Waals surface area contributed by atoms with E-state index in [1.807, 2.05) is 55.7 Å². The molecule has 0 fully saturated rings. The molecule has 37 heavy (non-hydrogen) atoms. The maximum Gasteiger partial charge on any atom is 0.264 e. The van der Waals surface area contributed by atoms with Gasteiger partial charge in [-0.2, -0.15) is 5.10 Å². The summed E-state index contributed by atoms with van der Waals surface area (Å²) < 4.78 is 29.9. The number of carbonyl (C=O) groups is 1. The number of sulfonamides is 1. The van der Waals surface area contributed by atoms with E-state index in [4.69, 9.17) is 11.6 Å². The molecule has 1 amide bonds. The van der Waals surface area contributed by atoms with Gasteiger partial charge in [-0.05, 0) is 63.2 Å². The standard InChI is InChI=1S/C28H27ClN4O3S/c1-20-13-15-24(16-14-20)32(37(35,36)25-9-5-4-6-10-25)19-28(34)31-30-18-23-17-21(2)33(22(23)3)27-12-8-7-11-26(27)29/h4-18H,19H2,1-3H3,(H,31,34)/b30-18-. The number of aryl methyl sites for hydroxylation is 2. The minimum absolute atomic E-state index is 0.0962. The number of nitrogens with one attached hydrogen (secondary N) is 1. The molecule has 0 spiro atoms. The number of halogens is 1. The molecule has 0 unspecified atom stereocenters. The van der Waals surface area contributed by atoms with Crippen LogP contribution < -0.4 is 9.73 Å². The van der Waals surface area contributed by atoms with Crippen LogP contribution in [0.3, 0.4) is 0 Å². The first-order valence-electron chi connectivity index (χ1n) is 11.6. The molecule has 9 heteroatoms. The SMILES string of the molecule is Cc1ccc(N(CC(=O)N/N=C\c2cc(C)n(-c3ccccc3Cl)c2C)S(=O)(=O)c2ccccc2)cc1. The maximum absolute atomic E-state index is 13.4. The van der Waals surface area contributed by atoms with Gasteiger partial charge in [-0.1, -0.05) is 59.6 Å². The number of hydrogen-bond acceptors (Lipinski definition) is 4. The molecule has 0 atom stereocenters. The molecule has 190 valence electrons. The highest BCUT2D eigenvalue weighted by molar-refractivity contribution is 7.92. The molecule has 0 saturated carbocycles. The number of rotatable bonds is 8. The Morgan fingerprint density at radius 3 is 2.30 bits per heavy atom. The van der Waals surface area contributed by atoms with Gasteiger partial charge in [0.15, 0.2) is 0 Å². The van der Waals surface area contributed by atoms with E-state index < -0.39 is 22.5 Å². The third-order valence-electron chi connectivity index (χ3n) is 5.90. The summed E-state index contributed by atoms with van der Waals surface area (Å²) in [5.74, 6) is -0.573. The number of nitrogens with zero attached hydrogens (tertiary/aromatic N) is 3. The first kappa shape index (κ1) is 26.2. The Morgan fingerprint density at radius 2 is 1.62 bits per heavy atom. The molecule has 1 heterocycles. The fraction of sp³-hybridized carbons (Fsp3) is 0.143. The molecule has 1 N–H and O–H groups in total. The van der Waals surface area contributed by atoms with Crippen LogP contribution in [0.1, 0.15) is 22.5 Å². The number of para-hydroxylation sites is 1. The summed E-state index contributed by atoms with van der Waals surface area (Å²) in [5, 5.41) is 4.72. The van der Waals surface area contributed by atoms with Crippen molar-refractivity contribution in [2.24, 2.45) is 5.10 Å². The van der Waals surface area contributed by atoms with Gasteiger partial charge >= 0.3 is 0 Å². The number of anilines is 1. The number of amides is 1. The van der Waals surface area contributed by atoms with Crippen LogP contribution in [0.4, 0.5) is 5.69 Å². The first-order chi connectivity index (χ1) is 17.7. The minimum atomic E-state index is -3.98. The van der Waals surface area contributed by atoms with Crippen LogP contribution >= 0.6 is 11.6 Å². The third kappa shape index (κ3) is 5.76. The van der Waals surface area contributed by atoms with Crippen molar-refractivity contribution in [3.8, 4) is 5.69 Å². The lowest BCUT2D eigenvalue weighted by Crippen LogP contribution is -2.39. The summed E-state index contributed by atoms with van der Waals surface area (Å²) in [5.41, 5.74) is 7.33. The fourth-order valence-corrected chi connectivity index (χ4v) is 5.67. The van der Waals surface area contributed by atoms with Crippen LogP contribution in [0.5, 0.6) is 0 Å². The number of aromatic nitrogens is 1. The number of carbonyl (C=O) groups excluding carboxylic acids is 1. The summed E-state index contributed by atoms with van der Waals surface area (Å²) in [6.07, 6.45) is 1.54. The number of benzene rings is 3. The zero-order chi connectivity index (χ0) is 26.6. The monoisotopic (exact) mass is 534 g/mol. The summed E-state index contributed by atoms with van der Waals surface area (Å²) in [4.78, 5) is 12.9.